The summed E-state index contributed by atoms with van der Waals surface area (Å²) in [6, 6.07) is 25.5. The zero-order chi connectivity index (χ0) is 20.9. The largest absolute Gasteiger partial charge is 0.480 e. The first-order valence-corrected chi connectivity index (χ1v) is 10.4. The normalized spacial score (nSPS) is 12.2. The fourth-order valence-electron chi connectivity index (χ4n) is 3.37. The van der Waals surface area contributed by atoms with E-state index in [0.29, 0.717) is 0 Å². The van der Waals surface area contributed by atoms with Crippen molar-refractivity contribution < 1.29 is 14.7 Å². The van der Waals surface area contributed by atoms with E-state index in [1.54, 1.807) is 0 Å². The van der Waals surface area contributed by atoms with Crippen molar-refractivity contribution in [3.8, 4) is 0 Å². The fourth-order valence-corrected chi connectivity index (χ4v) is 3.98. The van der Waals surface area contributed by atoms with E-state index in [9.17, 15) is 14.7 Å². The molecule has 0 unspecified atom stereocenters. The molecule has 3 aromatic carbocycles. The van der Waals surface area contributed by atoms with Crippen LogP contribution >= 0.6 is 22.6 Å². The minimum absolute atomic E-state index is 0.220. The highest BCUT2D eigenvalue weighted by atomic mass is 127. The summed E-state index contributed by atoms with van der Waals surface area (Å²) in [6.45, 7) is 1.83. The average molecular weight is 499 g/mol. The van der Waals surface area contributed by atoms with E-state index in [2.05, 4.69) is 27.9 Å². The molecule has 0 saturated heterocycles. The maximum absolute atomic E-state index is 13.5. The molecule has 1 atom stereocenters. The van der Waals surface area contributed by atoms with Crippen LogP contribution in [-0.2, 0) is 21.4 Å². The highest BCUT2D eigenvalue weighted by molar-refractivity contribution is 14.1. The number of carboxylic acids is 1. The summed E-state index contributed by atoms with van der Waals surface area (Å²) in [5.41, 5.74) is 1.47. The van der Waals surface area contributed by atoms with Crippen molar-refractivity contribution in [2.45, 2.75) is 24.8 Å². The van der Waals surface area contributed by atoms with Gasteiger partial charge in [0.2, 0.25) is 5.91 Å². The predicted octanol–water partition coefficient (Wildman–Crippen LogP) is 4.41. The van der Waals surface area contributed by atoms with Crippen LogP contribution in [0.3, 0.4) is 0 Å². The molecule has 1 amide bonds. The van der Waals surface area contributed by atoms with Crippen molar-refractivity contribution in [1.82, 2.24) is 5.32 Å². The summed E-state index contributed by atoms with van der Waals surface area (Å²) >= 11 is 2.19. The molecule has 2 N–H and O–H groups in total. The molecular formula is C24H22INO3. The predicted molar refractivity (Wildman–Crippen MR) is 122 cm³/mol. The maximum Gasteiger partial charge on any atom is 0.326 e. The van der Waals surface area contributed by atoms with Gasteiger partial charge >= 0.3 is 5.97 Å². The van der Waals surface area contributed by atoms with Gasteiger partial charge in [0, 0.05) is 9.99 Å². The number of hydrogen-bond acceptors (Lipinski definition) is 2. The number of halogens is 1. The summed E-state index contributed by atoms with van der Waals surface area (Å²) in [4.78, 5) is 25.4. The van der Waals surface area contributed by atoms with Crippen molar-refractivity contribution in [3.05, 3.63) is 105 Å². The topological polar surface area (TPSA) is 66.4 Å². The van der Waals surface area contributed by atoms with E-state index in [-0.39, 0.29) is 12.3 Å². The molecule has 0 aliphatic carbocycles. The molecular weight excluding hydrogens is 477 g/mol. The van der Waals surface area contributed by atoms with E-state index in [1.165, 1.54) is 0 Å². The molecule has 5 heteroatoms. The molecule has 29 heavy (non-hydrogen) atoms. The molecule has 0 saturated carbocycles. The highest BCUT2D eigenvalue weighted by Crippen LogP contribution is 2.32. The second-order valence-electron chi connectivity index (χ2n) is 7.06. The number of aliphatic carboxylic acids is 1. The molecule has 0 aliphatic heterocycles. The third-order valence-electron chi connectivity index (χ3n) is 5.09. The summed E-state index contributed by atoms with van der Waals surface area (Å²) in [5.74, 6) is -1.39. The van der Waals surface area contributed by atoms with Crippen LogP contribution < -0.4 is 5.32 Å². The molecule has 0 aliphatic rings. The Bertz CT molecular complexity index is 950. The van der Waals surface area contributed by atoms with Crippen molar-refractivity contribution in [1.29, 1.82) is 0 Å². The van der Waals surface area contributed by atoms with Crippen LogP contribution in [0.2, 0.25) is 0 Å². The van der Waals surface area contributed by atoms with Gasteiger partial charge in [-0.1, -0.05) is 72.8 Å². The van der Waals surface area contributed by atoms with E-state index in [0.717, 1.165) is 20.3 Å². The molecule has 3 aromatic rings. The second-order valence-corrected chi connectivity index (χ2v) is 8.30. The average Bonchev–Trinajstić information content (AvgIpc) is 2.73. The quantitative estimate of drug-likeness (QED) is 0.474. The van der Waals surface area contributed by atoms with Crippen LogP contribution in [0.1, 0.15) is 23.6 Å². The second kappa shape index (κ2) is 9.22. The summed E-state index contributed by atoms with van der Waals surface area (Å²) in [7, 11) is 0. The van der Waals surface area contributed by atoms with Crippen LogP contribution in [0.5, 0.6) is 0 Å². The van der Waals surface area contributed by atoms with Crippen molar-refractivity contribution in [3.63, 3.8) is 0 Å². The fraction of sp³-hybridized carbons (Fsp3) is 0.167. The van der Waals surface area contributed by atoms with Crippen LogP contribution in [0, 0.1) is 3.57 Å². The zero-order valence-corrected chi connectivity index (χ0v) is 18.2. The number of rotatable bonds is 7. The van der Waals surface area contributed by atoms with E-state index in [4.69, 9.17) is 0 Å². The Kier molecular flexibility index (Phi) is 6.69. The standard InChI is InChI=1S/C24H22INO3/c1-24(18-10-4-2-5-11-18,19-12-6-3-7-13-19)23(29)26-21(22(27)28)16-17-9-8-14-20(25)15-17/h2-15,21H,16H2,1H3,(H,26,29)(H,27,28)/t21-/m0/s1. The monoisotopic (exact) mass is 499 g/mol. The van der Waals surface area contributed by atoms with Crippen molar-refractivity contribution >= 4 is 34.5 Å². The van der Waals surface area contributed by atoms with Crippen molar-refractivity contribution in [2.24, 2.45) is 0 Å². The molecule has 4 nitrogen and oxygen atoms in total. The Morgan fingerprint density at radius 2 is 1.48 bits per heavy atom. The lowest BCUT2D eigenvalue weighted by molar-refractivity contribution is -0.142. The van der Waals surface area contributed by atoms with Gasteiger partial charge in [0.05, 0.1) is 5.41 Å². The Morgan fingerprint density at radius 1 is 0.931 bits per heavy atom. The Morgan fingerprint density at radius 3 is 1.97 bits per heavy atom. The molecule has 0 spiro atoms. The van der Waals surface area contributed by atoms with Gasteiger partial charge in [0.1, 0.15) is 6.04 Å². The van der Waals surface area contributed by atoms with Gasteiger partial charge < -0.3 is 10.4 Å². The molecule has 0 aromatic heterocycles. The van der Waals surface area contributed by atoms with Gasteiger partial charge in [-0.05, 0) is 58.3 Å². The molecule has 0 heterocycles. The minimum Gasteiger partial charge on any atom is -0.480 e. The Labute approximate surface area is 184 Å². The third kappa shape index (κ3) is 4.85. The number of carbonyl (C=O) groups is 2. The van der Waals surface area contributed by atoms with Gasteiger partial charge in [-0.2, -0.15) is 0 Å². The van der Waals surface area contributed by atoms with Crippen LogP contribution in [0.4, 0.5) is 0 Å². The third-order valence-corrected chi connectivity index (χ3v) is 5.76. The molecule has 0 radical (unpaired) electrons. The summed E-state index contributed by atoms with van der Waals surface area (Å²) in [5, 5.41) is 12.5. The highest BCUT2D eigenvalue weighted by Gasteiger charge is 2.38. The number of carboxylic acid groups (broad SMARTS) is 1. The maximum atomic E-state index is 13.5. The molecule has 3 rings (SSSR count). The van der Waals surface area contributed by atoms with E-state index < -0.39 is 17.4 Å². The SMILES string of the molecule is CC(C(=O)N[C@@H](Cc1cccc(I)c1)C(=O)O)(c1ccccc1)c1ccccc1. The van der Waals surface area contributed by atoms with Gasteiger partial charge in [-0.15, -0.1) is 0 Å². The molecule has 148 valence electrons. The molecule has 0 bridgehead atoms. The Balaban J connectivity index is 1.94. The lowest BCUT2D eigenvalue weighted by Gasteiger charge is -2.31. The summed E-state index contributed by atoms with van der Waals surface area (Å²) in [6.07, 6.45) is 0.220. The first-order valence-electron chi connectivity index (χ1n) is 9.30. The lowest BCUT2D eigenvalue weighted by Crippen LogP contribution is -2.50. The van der Waals surface area contributed by atoms with E-state index >= 15 is 0 Å². The van der Waals surface area contributed by atoms with Crippen LogP contribution in [-0.4, -0.2) is 23.0 Å². The van der Waals surface area contributed by atoms with Gasteiger partial charge in [0.15, 0.2) is 0 Å². The smallest absolute Gasteiger partial charge is 0.326 e. The minimum atomic E-state index is -1.05. The number of benzene rings is 3. The van der Waals surface area contributed by atoms with Crippen LogP contribution in [0.25, 0.3) is 0 Å². The lowest BCUT2D eigenvalue weighted by atomic mass is 9.75. The van der Waals surface area contributed by atoms with Gasteiger partial charge in [-0.25, -0.2) is 4.79 Å². The Hall–Kier alpha value is -2.67. The van der Waals surface area contributed by atoms with Gasteiger partial charge in [-0.3, -0.25) is 4.79 Å². The number of carbonyl (C=O) groups excluding carboxylic acids is 1. The van der Waals surface area contributed by atoms with E-state index in [1.807, 2.05) is 91.9 Å². The van der Waals surface area contributed by atoms with Gasteiger partial charge in [0.25, 0.3) is 0 Å². The zero-order valence-electron chi connectivity index (χ0n) is 16.0. The van der Waals surface area contributed by atoms with Crippen LogP contribution in [0.15, 0.2) is 84.9 Å². The number of hydrogen-bond donors (Lipinski definition) is 2. The number of amides is 1. The first-order chi connectivity index (χ1) is 13.9. The van der Waals surface area contributed by atoms with Crippen molar-refractivity contribution in [2.75, 3.05) is 0 Å². The number of nitrogens with one attached hydrogen (secondary N) is 1. The molecule has 0 fully saturated rings. The summed E-state index contributed by atoms with van der Waals surface area (Å²) < 4.78 is 1.02. The first kappa shape index (κ1) is 21.0.